The minimum Gasteiger partial charge on any atom is -0.491 e. The Hall–Kier alpha value is -3.10. The quantitative estimate of drug-likeness (QED) is 0.693. The van der Waals surface area contributed by atoms with Gasteiger partial charge in [-0.3, -0.25) is 0 Å². The molecule has 0 unspecified atom stereocenters. The molecule has 2 aromatic rings. The van der Waals surface area contributed by atoms with E-state index in [9.17, 15) is 9.59 Å². The van der Waals surface area contributed by atoms with Crippen molar-refractivity contribution in [1.29, 1.82) is 0 Å². The maximum absolute atomic E-state index is 10.9. The summed E-state index contributed by atoms with van der Waals surface area (Å²) in [5.74, 6) is -1.76. The lowest BCUT2D eigenvalue weighted by Gasteiger charge is -2.18. The van der Waals surface area contributed by atoms with E-state index in [0.717, 1.165) is 0 Å². The maximum atomic E-state index is 10.9. The Kier molecular flexibility index (Phi) is 6.05. The first-order valence-electron chi connectivity index (χ1n) is 9.01. The summed E-state index contributed by atoms with van der Waals surface area (Å²) in [6.07, 6.45) is -0.801. The number of ether oxygens (including phenoxy) is 4. The topological polar surface area (TPSA) is 112 Å². The predicted molar refractivity (Wildman–Crippen MR) is 102 cm³/mol. The second-order valence-corrected chi connectivity index (χ2v) is 6.99. The van der Waals surface area contributed by atoms with Gasteiger partial charge in [-0.2, -0.15) is 0 Å². The van der Waals surface area contributed by atoms with Crippen molar-refractivity contribution in [3.8, 4) is 11.5 Å². The Bertz CT molecular complexity index is 786. The molecule has 154 valence electrons. The van der Waals surface area contributed by atoms with Crippen LogP contribution in [-0.4, -0.2) is 53.4 Å². The van der Waals surface area contributed by atoms with Gasteiger partial charge in [-0.15, -0.1) is 0 Å². The molecule has 2 aromatic carbocycles. The van der Waals surface area contributed by atoms with Gasteiger partial charge in [-0.05, 0) is 62.4 Å². The van der Waals surface area contributed by atoms with E-state index in [4.69, 9.17) is 29.2 Å². The Morgan fingerprint density at radius 3 is 1.45 bits per heavy atom. The molecule has 3 rings (SSSR count). The molecule has 8 nitrogen and oxygen atoms in total. The smallest absolute Gasteiger partial charge is 0.335 e. The van der Waals surface area contributed by atoms with E-state index in [0.29, 0.717) is 11.5 Å². The van der Waals surface area contributed by atoms with Crippen LogP contribution in [0.4, 0.5) is 0 Å². The zero-order valence-corrected chi connectivity index (χ0v) is 16.0. The van der Waals surface area contributed by atoms with Gasteiger partial charge >= 0.3 is 11.9 Å². The molecule has 1 saturated heterocycles. The first-order chi connectivity index (χ1) is 13.7. The van der Waals surface area contributed by atoms with Crippen LogP contribution >= 0.6 is 0 Å². The summed E-state index contributed by atoms with van der Waals surface area (Å²) in [4.78, 5) is 21.8. The van der Waals surface area contributed by atoms with Crippen LogP contribution in [-0.2, 0) is 9.47 Å². The highest BCUT2D eigenvalue weighted by molar-refractivity contribution is 5.88. The van der Waals surface area contributed by atoms with Crippen LogP contribution in [0, 0.1) is 0 Å². The van der Waals surface area contributed by atoms with Crippen molar-refractivity contribution in [2.24, 2.45) is 0 Å². The fourth-order valence-corrected chi connectivity index (χ4v) is 2.94. The lowest BCUT2D eigenvalue weighted by Crippen LogP contribution is -2.33. The largest absolute Gasteiger partial charge is 0.491 e. The average molecular weight is 402 g/mol. The molecule has 2 N–H and O–H groups in total. The Morgan fingerprint density at radius 2 is 1.14 bits per heavy atom. The molecule has 0 radical (unpaired) electrons. The SMILES string of the molecule is CC1(C)O[C@@H](COc2ccc(C(=O)O)cc2)[C@H](COc2ccc(C(=O)O)cc2)O1. The summed E-state index contributed by atoms with van der Waals surface area (Å²) in [6, 6.07) is 12.2. The highest BCUT2D eigenvalue weighted by atomic mass is 16.8. The van der Waals surface area contributed by atoms with E-state index in [1.54, 1.807) is 38.1 Å². The van der Waals surface area contributed by atoms with Crippen molar-refractivity contribution >= 4 is 11.9 Å². The highest BCUT2D eigenvalue weighted by Gasteiger charge is 2.42. The first kappa shape index (κ1) is 20.6. The van der Waals surface area contributed by atoms with Crippen LogP contribution in [0.2, 0.25) is 0 Å². The van der Waals surface area contributed by atoms with E-state index < -0.39 is 29.9 Å². The van der Waals surface area contributed by atoms with Crippen molar-refractivity contribution in [2.45, 2.75) is 31.8 Å². The predicted octanol–water partition coefficient (Wildman–Crippen LogP) is 3.06. The van der Waals surface area contributed by atoms with Gasteiger partial charge in [0.1, 0.15) is 36.9 Å². The third kappa shape index (κ3) is 5.46. The minimum absolute atomic E-state index is 0.180. The monoisotopic (exact) mass is 402 g/mol. The Labute approximate surface area is 167 Å². The van der Waals surface area contributed by atoms with Gasteiger partial charge in [-0.25, -0.2) is 9.59 Å². The fourth-order valence-electron chi connectivity index (χ4n) is 2.94. The van der Waals surface area contributed by atoms with Gasteiger partial charge in [-0.1, -0.05) is 0 Å². The zero-order chi connectivity index (χ0) is 21.0. The van der Waals surface area contributed by atoms with Gasteiger partial charge in [0, 0.05) is 0 Å². The minimum atomic E-state index is -1.00. The van der Waals surface area contributed by atoms with Crippen LogP contribution in [0.15, 0.2) is 48.5 Å². The molecule has 1 fully saturated rings. The Morgan fingerprint density at radius 1 is 0.793 bits per heavy atom. The molecule has 0 saturated carbocycles. The molecule has 1 aliphatic heterocycles. The van der Waals surface area contributed by atoms with Crippen LogP contribution in [0.25, 0.3) is 0 Å². The van der Waals surface area contributed by atoms with Gasteiger partial charge in [0.2, 0.25) is 0 Å². The van der Waals surface area contributed by atoms with E-state index in [1.807, 2.05) is 0 Å². The number of hydrogen-bond acceptors (Lipinski definition) is 6. The molecule has 1 aliphatic rings. The third-order valence-electron chi connectivity index (χ3n) is 4.32. The molecular weight excluding hydrogens is 380 g/mol. The molecule has 2 atom stereocenters. The molecule has 8 heteroatoms. The summed E-state index contributed by atoms with van der Waals surface area (Å²) in [6.45, 7) is 3.98. The van der Waals surface area contributed by atoms with Crippen molar-refractivity contribution < 1.29 is 38.7 Å². The second-order valence-electron chi connectivity index (χ2n) is 6.99. The van der Waals surface area contributed by atoms with Crippen LogP contribution in [0.5, 0.6) is 11.5 Å². The lowest BCUT2D eigenvalue weighted by molar-refractivity contribution is -0.150. The number of carboxylic acid groups (broad SMARTS) is 2. The van der Waals surface area contributed by atoms with Gasteiger partial charge in [0.05, 0.1) is 11.1 Å². The van der Waals surface area contributed by atoms with Crippen LogP contribution in [0.3, 0.4) is 0 Å². The molecule has 1 heterocycles. The third-order valence-corrected chi connectivity index (χ3v) is 4.32. The van der Waals surface area contributed by atoms with E-state index in [-0.39, 0.29) is 24.3 Å². The van der Waals surface area contributed by atoms with E-state index in [1.165, 1.54) is 24.3 Å². The van der Waals surface area contributed by atoms with Crippen molar-refractivity contribution in [3.05, 3.63) is 59.7 Å². The molecule has 0 amide bonds. The van der Waals surface area contributed by atoms with Crippen molar-refractivity contribution in [3.63, 3.8) is 0 Å². The zero-order valence-electron chi connectivity index (χ0n) is 16.0. The first-order valence-corrected chi connectivity index (χ1v) is 9.01. The van der Waals surface area contributed by atoms with Crippen molar-refractivity contribution in [1.82, 2.24) is 0 Å². The van der Waals surface area contributed by atoms with Gasteiger partial charge in [0.15, 0.2) is 5.79 Å². The van der Waals surface area contributed by atoms with Gasteiger partial charge < -0.3 is 29.2 Å². The molecule has 0 aromatic heterocycles. The summed E-state index contributed by atoms with van der Waals surface area (Å²) < 4.78 is 23.2. The standard InChI is InChI=1S/C21H22O8/c1-21(2)28-17(11-26-15-7-3-13(4-8-15)19(22)23)18(29-21)12-27-16-9-5-14(6-10-16)20(24)25/h3-10,17-18H,11-12H2,1-2H3,(H,22,23)(H,24,25)/t17-,18-/m0/s1. The number of hydrogen-bond donors (Lipinski definition) is 2. The highest BCUT2D eigenvalue weighted by Crippen LogP contribution is 2.29. The fraction of sp³-hybridized carbons (Fsp3) is 0.333. The van der Waals surface area contributed by atoms with E-state index >= 15 is 0 Å². The summed E-state index contributed by atoms with van der Waals surface area (Å²) in [7, 11) is 0. The van der Waals surface area contributed by atoms with E-state index in [2.05, 4.69) is 0 Å². The normalized spacial score (nSPS) is 20.2. The lowest BCUT2D eigenvalue weighted by atomic mass is 10.2. The molecule has 0 spiro atoms. The molecule has 0 bridgehead atoms. The maximum Gasteiger partial charge on any atom is 0.335 e. The summed E-state index contributed by atoms with van der Waals surface area (Å²) >= 11 is 0. The van der Waals surface area contributed by atoms with Crippen molar-refractivity contribution in [2.75, 3.05) is 13.2 Å². The molecule has 29 heavy (non-hydrogen) atoms. The molecule has 0 aliphatic carbocycles. The average Bonchev–Trinajstić information content (AvgIpc) is 2.99. The number of rotatable bonds is 8. The van der Waals surface area contributed by atoms with Gasteiger partial charge in [0.25, 0.3) is 0 Å². The van der Waals surface area contributed by atoms with Crippen LogP contribution < -0.4 is 9.47 Å². The summed E-state index contributed by atoms with van der Waals surface area (Å²) in [5, 5.41) is 17.9. The number of carboxylic acids is 2. The summed E-state index contributed by atoms with van der Waals surface area (Å²) in [5.41, 5.74) is 0.359. The number of carbonyl (C=O) groups is 2. The van der Waals surface area contributed by atoms with Crippen LogP contribution in [0.1, 0.15) is 34.6 Å². The Balaban J connectivity index is 1.58. The number of benzene rings is 2. The number of aromatic carboxylic acids is 2. The molecular formula is C21H22O8. The second kappa shape index (κ2) is 8.50.